The summed E-state index contributed by atoms with van der Waals surface area (Å²) in [6.45, 7) is 1.51. The number of carbonyl (C=O) groups excluding carboxylic acids is 1. The van der Waals surface area contributed by atoms with Crippen molar-refractivity contribution in [1.29, 1.82) is 0 Å². The third-order valence-corrected chi connectivity index (χ3v) is 4.50. The number of hydrogen-bond donors (Lipinski definition) is 2. The second kappa shape index (κ2) is 10.7. The van der Waals surface area contributed by atoms with Crippen molar-refractivity contribution in [2.45, 2.75) is 18.4 Å². The summed E-state index contributed by atoms with van der Waals surface area (Å²) in [4.78, 5) is 16.8. The molecule has 0 atom stereocenters. The van der Waals surface area contributed by atoms with Gasteiger partial charge in [-0.15, -0.1) is 24.8 Å². The molecule has 0 spiro atoms. The molecule has 2 aromatic rings. The molecule has 1 aromatic heterocycles. The summed E-state index contributed by atoms with van der Waals surface area (Å²) in [5, 5.41) is 6.75. The normalized spacial score (nSPS) is 15.0. The minimum Gasteiger partial charge on any atom is -0.439 e. The van der Waals surface area contributed by atoms with E-state index in [9.17, 15) is 4.79 Å². The van der Waals surface area contributed by atoms with Crippen LogP contribution in [-0.4, -0.2) is 36.7 Å². The van der Waals surface area contributed by atoms with Crippen LogP contribution in [0.3, 0.4) is 0 Å². The Balaban J connectivity index is 0.00000182. The average Bonchev–Trinajstić information content (AvgIpc) is 2.65. The molecule has 6 nitrogen and oxygen atoms in total. The minimum absolute atomic E-state index is 0. The fourth-order valence-electron chi connectivity index (χ4n) is 2.74. The van der Waals surface area contributed by atoms with Gasteiger partial charge >= 0.3 is 0 Å². The van der Waals surface area contributed by atoms with Crippen LogP contribution < -0.4 is 15.4 Å². The summed E-state index contributed by atoms with van der Waals surface area (Å²) < 4.78 is 11.2. The van der Waals surface area contributed by atoms with Crippen LogP contribution >= 0.6 is 36.4 Å². The number of anilines is 1. The number of nitrogens with one attached hydrogen (secondary N) is 2. The minimum atomic E-state index is -0.788. The summed E-state index contributed by atoms with van der Waals surface area (Å²) in [7, 11) is 1.58. The molecule has 0 unspecified atom stereocenters. The topological polar surface area (TPSA) is 72.5 Å². The number of pyridine rings is 1. The molecule has 1 saturated heterocycles. The van der Waals surface area contributed by atoms with Gasteiger partial charge in [-0.25, -0.2) is 4.98 Å². The molecule has 148 valence electrons. The summed E-state index contributed by atoms with van der Waals surface area (Å²) in [5.41, 5.74) is -0.188. The molecule has 0 aliphatic carbocycles. The van der Waals surface area contributed by atoms with E-state index in [1.807, 2.05) is 0 Å². The lowest BCUT2D eigenvalue weighted by molar-refractivity contribution is -0.140. The van der Waals surface area contributed by atoms with Crippen molar-refractivity contribution in [2.24, 2.45) is 0 Å². The Kier molecular flexibility index (Phi) is 9.29. The molecule has 0 saturated carbocycles. The molecule has 27 heavy (non-hydrogen) atoms. The largest absolute Gasteiger partial charge is 0.439 e. The van der Waals surface area contributed by atoms with Gasteiger partial charge in [0.15, 0.2) is 0 Å². The quantitative estimate of drug-likeness (QED) is 0.742. The lowest BCUT2D eigenvalue weighted by Crippen LogP contribution is -2.51. The number of halogens is 3. The Morgan fingerprint density at radius 3 is 2.37 bits per heavy atom. The first-order valence-corrected chi connectivity index (χ1v) is 8.46. The zero-order valence-corrected chi connectivity index (χ0v) is 17.1. The molecule has 2 N–H and O–H groups in total. The van der Waals surface area contributed by atoms with Crippen LogP contribution in [0.4, 0.5) is 5.69 Å². The number of carbonyl (C=O) groups is 1. The van der Waals surface area contributed by atoms with Crippen LogP contribution in [0.5, 0.6) is 11.6 Å². The standard InChI is InChI=1S/C18H20ClN3O3.2ClH/c1-24-18(8-10-20-11-9-18)17(23)22-14-4-7-16(21-12-14)25-15-5-2-13(19)3-6-15;;/h2-7,12,20H,8-11H2,1H3,(H,22,23);2*1H. The fourth-order valence-corrected chi connectivity index (χ4v) is 2.86. The number of ether oxygens (including phenoxy) is 2. The first-order valence-electron chi connectivity index (χ1n) is 8.08. The van der Waals surface area contributed by atoms with E-state index in [1.165, 1.54) is 0 Å². The maximum Gasteiger partial charge on any atom is 0.256 e. The number of piperidine rings is 1. The predicted octanol–water partition coefficient (Wildman–Crippen LogP) is 4.08. The second-order valence-corrected chi connectivity index (χ2v) is 6.28. The number of amides is 1. The number of hydrogen-bond acceptors (Lipinski definition) is 5. The van der Waals surface area contributed by atoms with Crippen LogP contribution in [0, 0.1) is 0 Å². The van der Waals surface area contributed by atoms with Crippen molar-refractivity contribution in [3.8, 4) is 11.6 Å². The highest BCUT2D eigenvalue weighted by Crippen LogP contribution is 2.26. The first kappa shape index (κ1) is 23.5. The van der Waals surface area contributed by atoms with E-state index in [-0.39, 0.29) is 30.7 Å². The maximum atomic E-state index is 12.6. The van der Waals surface area contributed by atoms with E-state index in [0.29, 0.717) is 35.2 Å². The van der Waals surface area contributed by atoms with Crippen LogP contribution in [0.25, 0.3) is 0 Å². The summed E-state index contributed by atoms with van der Waals surface area (Å²) >= 11 is 5.85. The molecule has 1 aliphatic rings. The lowest BCUT2D eigenvalue weighted by Gasteiger charge is -2.34. The highest BCUT2D eigenvalue weighted by atomic mass is 35.5. The van der Waals surface area contributed by atoms with Gasteiger partial charge in [-0.2, -0.15) is 0 Å². The van der Waals surface area contributed by atoms with Gasteiger partial charge in [0.05, 0.1) is 11.9 Å². The van der Waals surface area contributed by atoms with Crippen molar-refractivity contribution in [3.63, 3.8) is 0 Å². The van der Waals surface area contributed by atoms with Crippen LogP contribution in [-0.2, 0) is 9.53 Å². The SMILES string of the molecule is COC1(C(=O)Nc2ccc(Oc3ccc(Cl)cc3)nc2)CCNCC1.Cl.Cl. The molecule has 1 aliphatic heterocycles. The Hall–Kier alpha value is -1.57. The Morgan fingerprint density at radius 1 is 1.15 bits per heavy atom. The van der Waals surface area contributed by atoms with Crippen molar-refractivity contribution in [3.05, 3.63) is 47.6 Å². The van der Waals surface area contributed by atoms with Crippen LogP contribution in [0.15, 0.2) is 42.6 Å². The first-order chi connectivity index (χ1) is 12.1. The van der Waals surface area contributed by atoms with E-state index >= 15 is 0 Å². The van der Waals surface area contributed by atoms with Gasteiger partial charge in [-0.1, -0.05) is 11.6 Å². The number of aromatic nitrogens is 1. The van der Waals surface area contributed by atoms with E-state index in [2.05, 4.69) is 15.6 Å². The monoisotopic (exact) mass is 433 g/mol. The molecule has 1 amide bonds. The lowest BCUT2D eigenvalue weighted by atomic mass is 9.91. The van der Waals surface area contributed by atoms with Crippen LogP contribution in [0.2, 0.25) is 5.02 Å². The van der Waals surface area contributed by atoms with Gasteiger partial charge in [0, 0.05) is 18.2 Å². The number of nitrogens with zero attached hydrogens (tertiary/aromatic N) is 1. The fraction of sp³-hybridized carbons (Fsp3) is 0.333. The Bertz CT molecular complexity index is 721. The third kappa shape index (κ3) is 5.96. The zero-order chi connectivity index (χ0) is 17.7. The number of rotatable bonds is 5. The number of methoxy groups -OCH3 is 1. The summed E-state index contributed by atoms with van der Waals surface area (Å²) in [5.74, 6) is 0.926. The molecular weight excluding hydrogens is 413 g/mol. The van der Waals surface area contributed by atoms with Crippen molar-refractivity contribution in [2.75, 3.05) is 25.5 Å². The van der Waals surface area contributed by atoms with Gasteiger partial charge in [0.25, 0.3) is 5.91 Å². The van der Waals surface area contributed by atoms with Gasteiger partial charge in [-0.3, -0.25) is 4.79 Å². The van der Waals surface area contributed by atoms with Gasteiger partial charge in [0.2, 0.25) is 5.88 Å². The number of benzene rings is 1. The van der Waals surface area contributed by atoms with Gasteiger partial charge in [-0.05, 0) is 56.3 Å². The molecule has 0 bridgehead atoms. The van der Waals surface area contributed by atoms with E-state index in [4.69, 9.17) is 21.1 Å². The maximum absolute atomic E-state index is 12.6. The zero-order valence-electron chi connectivity index (χ0n) is 14.7. The molecule has 1 fully saturated rings. The van der Waals surface area contributed by atoms with Crippen molar-refractivity contribution >= 4 is 48.0 Å². The average molecular weight is 435 g/mol. The molecule has 9 heteroatoms. The summed E-state index contributed by atoms with van der Waals surface area (Å²) in [6.07, 6.45) is 2.84. The third-order valence-electron chi connectivity index (χ3n) is 4.25. The molecule has 2 heterocycles. The van der Waals surface area contributed by atoms with Crippen molar-refractivity contribution in [1.82, 2.24) is 10.3 Å². The molecular formula is C18H22Cl3N3O3. The predicted molar refractivity (Wildman–Crippen MR) is 111 cm³/mol. The Labute approximate surface area is 175 Å². The van der Waals surface area contributed by atoms with E-state index in [1.54, 1.807) is 49.7 Å². The van der Waals surface area contributed by atoms with Crippen LogP contribution in [0.1, 0.15) is 12.8 Å². The Morgan fingerprint density at radius 2 is 1.81 bits per heavy atom. The summed E-state index contributed by atoms with van der Waals surface area (Å²) in [6, 6.07) is 10.5. The van der Waals surface area contributed by atoms with Gasteiger partial charge < -0.3 is 20.1 Å². The van der Waals surface area contributed by atoms with Crippen molar-refractivity contribution < 1.29 is 14.3 Å². The molecule has 1 aromatic carbocycles. The highest BCUT2D eigenvalue weighted by Gasteiger charge is 2.39. The van der Waals surface area contributed by atoms with E-state index < -0.39 is 5.60 Å². The van der Waals surface area contributed by atoms with E-state index in [0.717, 1.165) is 13.1 Å². The highest BCUT2D eigenvalue weighted by molar-refractivity contribution is 6.30. The second-order valence-electron chi connectivity index (χ2n) is 5.84. The van der Waals surface area contributed by atoms with Gasteiger partial charge in [0.1, 0.15) is 11.4 Å². The molecule has 0 radical (unpaired) electrons. The molecule has 3 rings (SSSR count). The smallest absolute Gasteiger partial charge is 0.256 e.